The lowest BCUT2D eigenvalue weighted by atomic mass is 10.2. The third-order valence-corrected chi connectivity index (χ3v) is 1.13. The fraction of sp³-hybridized carbons (Fsp3) is 0.125. The van der Waals surface area contributed by atoms with Gasteiger partial charge < -0.3 is 5.32 Å². The number of halogens is 1. The third-order valence-electron chi connectivity index (χ3n) is 1.13. The first-order valence-corrected chi connectivity index (χ1v) is 2.96. The highest BCUT2D eigenvalue weighted by Gasteiger charge is 2.04. The highest BCUT2D eigenvalue weighted by molar-refractivity contribution is 5.43. The van der Waals surface area contributed by atoms with E-state index < -0.39 is 5.83 Å². The molecular formula is C8H9FN2. The van der Waals surface area contributed by atoms with Crippen molar-refractivity contribution in [2.45, 2.75) is 0 Å². The minimum atomic E-state index is -0.660. The summed E-state index contributed by atoms with van der Waals surface area (Å²) in [5.74, 6) is -0.660. The summed E-state index contributed by atoms with van der Waals surface area (Å²) < 4.78 is 12.7. The van der Waals surface area contributed by atoms with Crippen LogP contribution in [0.1, 0.15) is 0 Å². The van der Waals surface area contributed by atoms with Crippen molar-refractivity contribution in [3.05, 3.63) is 36.3 Å². The lowest BCUT2D eigenvalue weighted by molar-refractivity contribution is 0.659. The predicted molar refractivity (Wildman–Crippen MR) is 42.1 cm³/mol. The summed E-state index contributed by atoms with van der Waals surface area (Å²) in [5, 5.41) is 11.0. The smallest absolute Gasteiger partial charge is 0.142 e. The Morgan fingerprint density at radius 1 is 1.73 bits per heavy atom. The van der Waals surface area contributed by atoms with E-state index in [0.717, 1.165) is 6.08 Å². The number of nitriles is 1. The number of hydrogen-bond acceptors (Lipinski definition) is 2. The largest absolute Gasteiger partial charge is 0.387 e. The molecule has 0 aliphatic rings. The van der Waals surface area contributed by atoms with E-state index in [9.17, 15) is 4.39 Å². The van der Waals surface area contributed by atoms with Gasteiger partial charge in [-0.05, 0) is 6.08 Å². The zero-order chi connectivity index (χ0) is 8.85. The molecule has 0 heterocycles. The second-order valence-corrected chi connectivity index (χ2v) is 1.77. The van der Waals surface area contributed by atoms with Crippen molar-refractivity contribution in [3.63, 3.8) is 0 Å². The SMILES string of the molecule is C=C/C(F)=C(/C#N)C(=C)NC. The van der Waals surface area contributed by atoms with Gasteiger partial charge in [0, 0.05) is 12.7 Å². The average molecular weight is 152 g/mol. The minimum absolute atomic E-state index is 0.109. The van der Waals surface area contributed by atoms with Gasteiger partial charge in [0.2, 0.25) is 0 Å². The zero-order valence-corrected chi connectivity index (χ0v) is 6.32. The Balaban J connectivity index is 4.84. The monoisotopic (exact) mass is 152 g/mol. The van der Waals surface area contributed by atoms with Crippen LogP contribution >= 0.6 is 0 Å². The maximum atomic E-state index is 12.7. The number of nitrogens with zero attached hydrogens (tertiary/aromatic N) is 1. The van der Waals surface area contributed by atoms with Crippen LogP contribution < -0.4 is 5.32 Å². The average Bonchev–Trinajstić information content (AvgIpc) is 2.05. The molecule has 0 aliphatic carbocycles. The van der Waals surface area contributed by atoms with Gasteiger partial charge in [0.1, 0.15) is 17.5 Å². The van der Waals surface area contributed by atoms with Gasteiger partial charge >= 0.3 is 0 Å². The number of hydrogen-bond donors (Lipinski definition) is 1. The summed E-state index contributed by atoms with van der Waals surface area (Å²) in [6.45, 7) is 6.63. The molecular weight excluding hydrogens is 143 g/mol. The van der Waals surface area contributed by atoms with E-state index in [0.29, 0.717) is 0 Å². The Morgan fingerprint density at radius 3 is 2.55 bits per heavy atom. The molecule has 2 nitrogen and oxygen atoms in total. The molecule has 0 bridgehead atoms. The van der Waals surface area contributed by atoms with Gasteiger partial charge in [-0.25, -0.2) is 4.39 Å². The molecule has 11 heavy (non-hydrogen) atoms. The Morgan fingerprint density at radius 2 is 2.27 bits per heavy atom. The lowest BCUT2D eigenvalue weighted by Gasteiger charge is -2.01. The number of allylic oxidation sites excluding steroid dienone is 3. The van der Waals surface area contributed by atoms with Crippen molar-refractivity contribution in [1.82, 2.24) is 5.32 Å². The zero-order valence-electron chi connectivity index (χ0n) is 6.32. The van der Waals surface area contributed by atoms with E-state index in [4.69, 9.17) is 5.26 Å². The molecule has 0 aromatic rings. The first-order chi connectivity index (χ1) is 5.17. The van der Waals surface area contributed by atoms with Gasteiger partial charge in [0.25, 0.3) is 0 Å². The molecule has 0 aromatic carbocycles. The molecule has 0 radical (unpaired) electrons. The van der Waals surface area contributed by atoms with Gasteiger partial charge in [-0.15, -0.1) is 0 Å². The topological polar surface area (TPSA) is 35.8 Å². The molecule has 3 heteroatoms. The van der Waals surface area contributed by atoms with Crippen molar-refractivity contribution in [2.24, 2.45) is 0 Å². The van der Waals surface area contributed by atoms with Crippen molar-refractivity contribution >= 4 is 0 Å². The Bertz CT molecular complexity index is 245. The summed E-state index contributed by atoms with van der Waals surface area (Å²) in [7, 11) is 1.57. The number of nitrogens with one attached hydrogen (secondary N) is 1. The van der Waals surface area contributed by atoms with Crippen LogP contribution in [0, 0.1) is 11.3 Å². The van der Waals surface area contributed by atoms with Crippen molar-refractivity contribution < 1.29 is 4.39 Å². The van der Waals surface area contributed by atoms with E-state index >= 15 is 0 Å². The lowest BCUT2D eigenvalue weighted by Crippen LogP contribution is -2.06. The van der Waals surface area contributed by atoms with Gasteiger partial charge in [0.05, 0.1) is 0 Å². The highest BCUT2D eigenvalue weighted by atomic mass is 19.1. The van der Waals surface area contributed by atoms with Crippen LogP contribution in [0.3, 0.4) is 0 Å². The highest BCUT2D eigenvalue weighted by Crippen LogP contribution is 2.11. The molecule has 0 unspecified atom stereocenters. The van der Waals surface area contributed by atoms with Gasteiger partial charge in [-0.1, -0.05) is 13.2 Å². The van der Waals surface area contributed by atoms with Crippen LogP contribution in [0.2, 0.25) is 0 Å². The second-order valence-electron chi connectivity index (χ2n) is 1.77. The summed E-state index contributed by atoms with van der Waals surface area (Å²) >= 11 is 0. The Kier molecular flexibility index (Phi) is 3.68. The van der Waals surface area contributed by atoms with Crippen LogP contribution in [0.15, 0.2) is 36.3 Å². The Labute approximate surface area is 65.3 Å². The summed E-state index contributed by atoms with van der Waals surface area (Å²) in [4.78, 5) is 0. The van der Waals surface area contributed by atoms with Crippen molar-refractivity contribution in [3.8, 4) is 6.07 Å². The van der Waals surface area contributed by atoms with Crippen LogP contribution in [-0.4, -0.2) is 7.05 Å². The molecule has 0 saturated heterocycles. The summed E-state index contributed by atoms with van der Waals surface area (Å²) in [5.41, 5.74) is 0.146. The van der Waals surface area contributed by atoms with Crippen molar-refractivity contribution in [2.75, 3.05) is 7.05 Å². The van der Waals surface area contributed by atoms with Gasteiger partial charge in [0.15, 0.2) is 0 Å². The molecule has 0 atom stereocenters. The molecule has 0 fully saturated rings. The maximum Gasteiger partial charge on any atom is 0.142 e. The fourth-order valence-corrected chi connectivity index (χ4v) is 0.492. The molecule has 0 rings (SSSR count). The van der Waals surface area contributed by atoms with E-state index in [-0.39, 0.29) is 11.3 Å². The standard InChI is InChI=1S/C8H9FN2/c1-4-8(9)7(5-10)6(2)11-3/h4,11H,1-2H2,3H3/b8-7+. The molecule has 0 amide bonds. The Hall–Kier alpha value is -1.56. The summed E-state index contributed by atoms with van der Waals surface area (Å²) in [6.07, 6.45) is 0.973. The quantitative estimate of drug-likeness (QED) is 0.493. The van der Waals surface area contributed by atoms with Gasteiger partial charge in [-0.3, -0.25) is 0 Å². The number of likely N-dealkylation sites (N-methyl/N-ethyl adjacent to an activating group) is 1. The van der Waals surface area contributed by atoms with E-state index in [1.165, 1.54) is 0 Å². The molecule has 0 saturated carbocycles. The van der Waals surface area contributed by atoms with Crippen LogP contribution in [-0.2, 0) is 0 Å². The minimum Gasteiger partial charge on any atom is -0.387 e. The molecule has 1 N–H and O–H groups in total. The second kappa shape index (κ2) is 4.29. The summed E-state index contributed by atoms with van der Waals surface area (Å²) in [6, 6.07) is 1.67. The first-order valence-electron chi connectivity index (χ1n) is 2.96. The molecule has 58 valence electrons. The molecule has 0 aromatic heterocycles. The van der Waals surface area contributed by atoms with Crippen LogP contribution in [0.4, 0.5) is 4.39 Å². The normalized spacial score (nSPS) is 11.0. The maximum absolute atomic E-state index is 12.7. The number of rotatable bonds is 3. The molecule has 0 aliphatic heterocycles. The first kappa shape index (κ1) is 9.44. The van der Waals surface area contributed by atoms with E-state index in [1.807, 2.05) is 0 Å². The fourth-order valence-electron chi connectivity index (χ4n) is 0.492. The third kappa shape index (κ3) is 2.26. The predicted octanol–water partition coefficient (Wildman–Crippen LogP) is 1.65. The van der Waals surface area contributed by atoms with E-state index in [2.05, 4.69) is 18.5 Å². The molecule has 0 spiro atoms. The van der Waals surface area contributed by atoms with Crippen LogP contribution in [0.5, 0.6) is 0 Å². The van der Waals surface area contributed by atoms with Gasteiger partial charge in [-0.2, -0.15) is 5.26 Å². The van der Waals surface area contributed by atoms with E-state index in [1.54, 1.807) is 13.1 Å². The van der Waals surface area contributed by atoms with Crippen LogP contribution in [0.25, 0.3) is 0 Å². The van der Waals surface area contributed by atoms with Crippen molar-refractivity contribution in [1.29, 1.82) is 5.26 Å².